The molecule has 0 aliphatic carbocycles. The van der Waals surface area contributed by atoms with Crippen molar-refractivity contribution in [3.05, 3.63) is 48.6 Å². The summed E-state index contributed by atoms with van der Waals surface area (Å²) in [7, 11) is 0. The van der Waals surface area contributed by atoms with Gasteiger partial charge < -0.3 is 4.90 Å². The summed E-state index contributed by atoms with van der Waals surface area (Å²) in [4.78, 5) is 13.6. The van der Waals surface area contributed by atoms with Crippen molar-refractivity contribution >= 4 is 5.91 Å². The minimum atomic E-state index is 0.281. The molecule has 0 N–H and O–H groups in total. The number of hydrogen-bond donors (Lipinski definition) is 0. The van der Waals surface area contributed by atoms with E-state index in [2.05, 4.69) is 30.8 Å². The van der Waals surface area contributed by atoms with Crippen molar-refractivity contribution in [2.75, 3.05) is 13.1 Å². The van der Waals surface area contributed by atoms with Crippen molar-refractivity contribution in [1.29, 1.82) is 0 Å². The Morgan fingerprint density at radius 1 is 1.35 bits per heavy atom. The Bertz CT molecular complexity index is 385. The van der Waals surface area contributed by atoms with Crippen molar-refractivity contribution in [3.63, 3.8) is 0 Å². The number of carbonyl (C=O) groups excluding carboxylic acids is 1. The predicted molar refractivity (Wildman–Crippen MR) is 69.6 cm³/mol. The fourth-order valence-corrected chi connectivity index (χ4v) is 2.30. The Labute approximate surface area is 103 Å². The highest BCUT2D eigenvalue weighted by Gasteiger charge is 2.26. The summed E-state index contributed by atoms with van der Waals surface area (Å²) in [6.07, 6.45) is 4.63. The van der Waals surface area contributed by atoms with Crippen molar-refractivity contribution < 1.29 is 4.79 Å². The average Bonchev–Trinajstić information content (AvgIpc) is 2.72. The van der Waals surface area contributed by atoms with Gasteiger partial charge in [-0.1, -0.05) is 36.4 Å². The van der Waals surface area contributed by atoms with E-state index in [0.717, 1.165) is 25.9 Å². The Balaban J connectivity index is 1.76. The quantitative estimate of drug-likeness (QED) is 0.711. The van der Waals surface area contributed by atoms with E-state index in [-0.39, 0.29) is 5.91 Å². The molecule has 1 fully saturated rings. The molecule has 0 bridgehead atoms. The van der Waals surface area contributed by atoms with Crippen LogP contribution in [0, 0.1) is 5.92 Å². The van der Waals surface area contributed by atoms with Crippen LogP contribution in [0.25, 0.3) is 0 Å². The average molecular weight is 229 g/mol. The minimum absolute atomic E-state index is 0.281. The first-order valence-electron chi connectivity index (χ1n) is 6.24. The lowest BCUT2D eigenvalue weighted by molar-refractivity contribution is -0.127. The molecule has 17 heavy (non-hydrogen) atoms. The maximum atomic E-state index is 11.7. The smallest absolute Gasteiger partial charge is 0.223 e. The van der Waals surface area contributed by atoms with Crippen LogP contribution in [0.2, 0.25) is 0 Å². The molecule has 2 rings (SSSR count). The van der Waals surface area contributed by atoms with Crippen LogP contribution >= 0.6 is 0 Å². The fourth-order valence-electron chi connectivity index (χ4n) is 2.30. The summed E-state index contributed by atoms with van der Waals surface area (Å²) in [5.41, 5.74) is 1.35. The molecular formula is C15H19NO. The van der Waals surface area contributed by atoms with E-state index in [1.807, 2.05) is 17.0 Å². The fraction of sp³-hybridized carbons (Fsp3) is 0.400. The monoisotopic (exact) mass is 229 g/mol. The van der Waals surface area contributed by atoms with Crippen LogP contribution in [0.1, 0.15) is 18.4 Å². The standard InChI is InChI=1S/C15H19NO/c1-2-13-11-15(17)16(12-13)10-6-9-14-7-4-3-5-8-14/h2-5,7-8,13H,1,6,9-12H2. The van der Waals surface area contributed by atoms with Crippen LogP contribution in [0.5, 0.6) is 0 Å². The van der Waals surface area contributed by atoms with E-state index in [4.69, 9.17) is 0 Å². The summed E-state index contributed by atoms with van der Waals surface area (Å²) in [6, 6.07) is 10.4. The summed E-state index contributed by atoms with van der Waals surface area (Å²) < 4.78 is 0. The molecule has 0 radical (unpaired) electrons. The van der Waals surface area contributed by atoms with Gasteiger partial charge in [0.25, 0.3) is 0 Å². The Morgan fingerprint density at radius 2 is 2.12 bits per heavy atom. The molecule has 2 heteroatoms. The molecule has 1 aliphatic heterocycles. The zero-order valence-corrected chi connectivity index (χ0v) is 10.1. The van der Waals surface area contributed by atoms with E-state index in [1.165, 1.54) is 5.56 Å². The number of hydrogen-bond acceptors (Lipinski definition) is 1. The third kappa shape index (κ3) is 3.19. The first kappa shape index (κ1) is 11.9. The number of rotatable bonds is 5. The highest BCUT2D eigenvalue weighted by atomic mass is 16.2. The first-order valence-corrected chi connectivity index (χ1v) is 6.24. The normalized spacial score (nSPS) is 19.6. The lowest BCUT2D eigenvalue weighted by Gasteiger charge is -2.15. The molecule has 1 aromatic carbocycles. The molecule has 1 aromatic rings. The molecule has 1 aliphatic rings. The van der Waals surface area contributed by atoms with Gasteiger partial charge in [0, 0.05) is 25.4 Å². The Morgan fingerprint density at radius 3 is 2.76 bits per heavy atom. The number of carbonyl (C=O) groups is 1. The summed E-state index contributed by atoms with van der Waals surface area (Å²) in [5.74, 6) is 0.641. The van der Waals surface area contributed by atoms with Crippen molar-refractivity contribution in [3.8, 4) is 0 Å². The second-order valence-electron chi connectivity index (χ2n) is 4.63. The number of amides is 1. The molecule has 2 nitrogen and oxygen atoms in total. The third-order valence-electron chi connectivity index (χ3n) is 3.31. The van der Waals surface area contributed by atoms with Gasteiger partial charge in [-0.05, 0) is 18.4 Å². The second-order valence-corrected chi connectivity index (χ2v) is 4.63. The van der Waals surface area contributed by atoms with E-state index < -0.39 is 0 Å². The zero-order valence-electron chi connectivity index (χ0n) is 10.1. The van der Waals surface area contributed by atoms with Crippen molar-refractivity contribution in [2.45, 2.75) is 19.3 Å². The van der Waals surface area contributed by atoms with Gasteiger partial charge in [-0.2, -0.15) is 0 Å². The summed E-state index contributed by atoms with van der Waals surface area (Å²) >= 11 is 0. The highest BCUT2D eigenvalue weighted by Crippen LogP contribution is 2.18. The molecule has 1 heterocycles. The lowest BCUT2D eigenvalue weighted by atomic mass is 10.1. The first-order chi connectivity index (χ1) is 8.29. The molecule has 1 unspecified atom stereocenters. The number of nitrogens with zero attached hydrogens (tertiary/aromatic N) is 1. The van der Waals surface area contributed by atoms with Gasteiger partial charge in [0.1, 0.15) is 0 Å². The Hall–Kier alpha value is -1.57. The van der Waals surface area contributed by atoms with E-state index in [0.29, 0.717) is 12.3 Å². The van der Waals surface area contributed by atoms with Crippen molar-refractivity contribution in [1.82, 2.24) is 4.90 Å². The molecule has 1 amide bonds. The molecular weight excluding hydrogens is 210 g/mol. The molecule has 90 valence electrons. The summed E-state index contributed by atoms with van der Waals surface area (Å²) in [5, 5.41) is 0. The number of aryl methyl sites for hydroxylation is 1. The molecule has 1 atom stereocenters. The van der Waals surface area contributed by atoms with E-state index in [9.17, 15) is 4.79 Å². The number of likely N-dealkylation sites (tertiary alicyclic amines) is 1. The SMILES string of the molecule is C=CC1CC(=O)N(CCCc2ccccc2)C1. The van der Waals surface area contributed by atoms with Gasteiger partial charge in [0.15, 0.2) is 0 Å². The van der Waals surface area contributed by atoms with Gasteiger partial charge in [-0.25, -0.2) is 0 Å². The topological polar surface area (TPSA) is 20.3 Å². The van der Waals surface area contributed by atoms with E-state index >= 15 is 0 Å². The minimum Gasteiger partial charge on any atom is -0.342 e. The zero-order chi connectivity index (χ0) is 12.1. The van der Waals surface area contributed by atoms with Crippen LogP contribution in [0.4, 0.5) is 0 Å². The van der Waals surface area contributed by atoms with Crippen LogP contribution < -0.4 is 0 Å². The molecule has 0 saturated carbocycles. The van der Waals surface area contributed by atoms with Gasteiger partial charge in [0.2, 0.25) is 5.91 Å². The Kier molecular flexibility index (Phi) is 3.97. The van der Waals surface area contributed by atoms with Crippen molar-refractivity contribution in [2.24, 2.45) is 5.92 Å². The van der Waals surface area contributed by atoms with Gasteiger partial charge in [0.05, 0.1) is 0 Å². The summed E-state index contributed by atoms with van der Waals surface area (Å²) in [6.45, 7) is 5.49. The predicted octanol–water partition coefficient (Wildman–Crippen LogP) is 2.65. The maximum absolute atomic E-state index is 11.7. The van der Waals surface area contributed by atoms with Crippen LogP contribution in [0.15, 0.2) is 43.0 Å². The van der Waals surface area contributed by atoms with Gasteiger partial charge in [-0.15, -0.1) is 6.58 Å². The molecule has 0 aromatic heterocycles. The molecule has 1 saturated heterocycles. The van der Waals surface area contributed by atoms with Gasteiger partial charge in [-0.3, -0.25) is 4.79 Å². The molecule has 0 spiro atoms. The second kappa shape index (κ2) is 5.67. The largest absolute Gasteiger partial charge is 0.342 e. The highest BCUT2D eigenvalue weighted by molar-refractivity contribution is 5.78. The third-order valence-corrected chi connectivity index (χ3v) is 3.31. The number of benzene rings is 1. The van der Waals surface area contributed by atoms with Crippen LogP contribution in [-0.2, 0) is 11.2 Å². The van der Waals surface area contributed by atoms with Crippen LogP contribution in [0.3, 0.4) is 0 Å². The van der Waals surface area contributed by atoms with E-state index in [1.54, 1.807) is 0 Å². The van der Waals surface area contributed by atoms with Crippen LogP contribution in [-0.4, -0.2) is 23.9 Å². The van der Waals surface area contributed by atoms with Gasteiger partial charge >= 0.3 is 0 Å². The maximum Gasteiger partial charge on any atom is 0.223 e. The lowest BCUT2D eigenvalue weighted by Crippen LogP contribution is -2.26.